The maximum atomic E-state index is 12.7. The number of rotatable bonds is 4. The Hall–Kier alpha value is -3.81. The number of nitrogens with zero attached hydrogens (tertiary/aromatic N) is 6. The standard InChI is InChI=1S/C21H19N7O/c1-27-13-22-12-18(27)17-7-15-8-19(25-11-16(15)10-24-17)26-21(29)14-3-4-23-20(9-14)28-5-2-6-28/h3-4,7-13H,2,5-6H2,1H3,(H,25,26,29). The maximum absolute atomic E-state index is 12.7. The van der Waals surface area contributed by atoms with Crippen molar-refractivity contribution >= 4 is 28.3 Å². The Morgan fingerprint density at radius 2 is 1.90 bits per heavy atom. The van der Waals surface area contributed by atoms with Gasteiger partial charge in [0.05, 0.1) is 23.9 Å². The average molecular weight is 385 g/mol. The molecule has 0 aromatic carbocycles. The minimum atomic E-state index is -0.207. The highest BCUT2D eigenvalue weighted by Crippen LogP contribution is 2.23. The smallest absolute Gasteiger partial charge is 0.257 e. The summed E-state index contributed by atoms with van der Waals surface area (Å²) in [6.07, 6.45) is 9.83. The summed E-state index contributed by atoms with van der Waals surface area (Å²) in [4.78, 5) is 32.2. The van der Waals surface area contributed by atoms with Crippen molar-refractivity contribution in [3.05, 3.63) is 60.9 Å². The van der Waals surface area contributed by atoms with E-state index in [1.54, 1.807) is 37.2 Å². The highest BCUT2D eigenvalue weighted by atomic mass is 16.1. The summed E-state index contributed by atoms with van der Waals surface area (Å²) >= 11 is 0. The Morgan fingerprint density at radius 1 is 1.03 bits per heavy atom. The monoisotopic (exact) mass is 385 g/mol. The van der Waals surface area contributed by atoms with Gasteiger partial charge >= 0.3 is 0 Å². The van der Waals surface area contributed by atoms with Crippen molar-refractivity contribution in [2.45, 2.75) is 6.42 Å². The molecule has 4 aromatic heterocycles. The number of fused-ring (bicyclic) bond motifs is 1. The molecule has 4 aromatic rings. The van der Waals surface area contributed by atoms with E-state index in [4.69, 9.17) is 0 Å². The van der Waals surface area contributed by atoms with Gasteiger partial charge in [-0.1, -0.05) is 0 Å². The van der Waals surface area contributed by atoms with E-state index < -0.39 is 0 Å². The van der Waals surface area contributed by atoms with Gasteiger partial charge in [-0.15, -0.1) is 0 Å². The molecule has 1 saturated heterocycles. The van der Waals surface area contributed by atoms with Crippen LogP contribution in [-0.2, 0) is 7.05 Å². The van der Waals surface area contributed by atoms with Gasteiger partial charge in [-0.3, -0.25) is 9.78 Å². The van der Waals surface area contributed by atoms with Crippen LogP contribution in [0.1, 0.15) is 16.8 Å². The van der Waals surface area contributed by atoms with Crippen LogP contribution in [0.2, 0.25) is 0 Å². The molecule has 0 spiro atoms. The molecule has 29 heavy (non-hydrogen) atoms. The van der Waals surface area contributed by atoms with E-state index in [2.05, 4.69) is 30.2 Å². The molecule has 8 heteroatoms. The van der Waals surface area contributed by atoms with Gasteiger partial charge in [-0.05, 0) is 36.1 Å². The van der Waals surface area contributed by atoms with Crippen molar-refractivity contribution in [3.8, 4) is 11.4 Å². The molecule has 1 amide bonds. The fourth-order valence-electron chi connectivity index (χ4n) is 3.32. The molecular formula is C21H19N7O. The van der Waals surface area contributed by atoms with E-state index in [-0.39, 0.29) is 5.91 Å². The number of carbonyl (C=O) groups excluding carboxylic acids is 1. The summed E-state index contributed by atoms with van der Waals surface area (Å²) < 4.78 is 1.91. The van der Waals surface area contributed by atoms with Crippen molar-refractivity contribution in [2.75, 3.05) is 23.3 Å². The summed E-state index contributed by atoms with van der Waals surface area (Å²) in [7, 11) is 1.93. The first-order valence-electron chi connectivity index (χ1n) is 9.42. The van der Waals surface area contributed by atoms with E-state index in [9.17, 15) is 4.79 Å². The fraction of sp³-hybridized carbons (Fsp3) is 0.190. The van der Waals surface area contributed by atoms with Gasteiger partial charge in [0.2, 0.25) is 0 Å². The number of amides is 1. The molecular weight excluding hydrogens is 366 g/mol. The van der Waals surface area contributed by atoms with Crippen molar-refractivity contribution in [1.82, 2.24) is 24.5 Å². The Balaban J connectivity index is 1.41. The fourth-order valence-corrected chi connectivity index (χ4v) is 3.32. The molecule has 8 nitrogen and oxygen atoms in total. The lowest BCUT2D eigenvalue weighted by molar-refractivity contribution is 0.102. The first-order chi connectivity index (χ1) is 14.2. The minimum absolute atomic E-state index is 0.207. The molecule has 0 unspecified atom stereocenters. The molecule has 0 bridgehead atoms. The average Bonchev–Trinajstić information content (AvgIpc) is 3.12. The first-order valence-corrected chi connectivity index (χ1v) is 9.42. The predicted molar refractivity (Wildman–Crippen MR) is 111 cm³/mol. The third kappa shape index (κ3) is 3.29. The molecule has 1 aliphatic heterocycles. The van der Waals surface area contributed by atoms with Crippen molar-refractivity contribution < 1.29 is 4.79 Å². The van der Waals surface area contributed by atoms with Crippen LogP contribution in [0, 0.1) is 0 Å². The van der Waals surface area contributed by atoms with E-state index in [0.29, 0.717) is 11.4 Å². The highest BCUT2D eigenvalue weighted by Gasteiger charge is 2.17. The second kappa shape index (κ2) is 6.97. The van der Waals surface area contributed by atoms with Crippen LogP contribution in [-0.4, -0.2) is 43.5 Å². The number of pyridine rings is 3. The molecule has 0 radical (unpaired) electrons. The SMILES string of the molecule is Cn1cncc1-c1cc2cc(NC(=O)c3ccnc(N4CCC4)c3)ncc2cn1. The third-order valence-corrected chi connectivity index (χ3v) is 5.11. The largest absolute Gasteiger partial charge is 0.356 e. The number of aromatic nitrogens is 5. The minimum Gasteiger partial charge on any atom is -0.356 e. The predicted octanol–water partition coefficient (Wildman–Crippen LogP) is 2.89. The van der Waals surface area contributed by atoms with Gasteiger partial charge in [0.25, 0.3) is 5.91 Å². The molecule has 1 N–H and O–H groups in total. The van der Waals surface area contributed by atoms with Gasteiger partial charge in [0.1, 0.15) is 11.6 Å². The van der Waals surface area contributed by atoms with E-state index >= 15 is 0 Å². The van der Waals surface area contributed by atoms with E-state index in [1.165, 1.54) is 0 Å². The van der Waals surface area contributed by atoms with Crippen LogP contribution in [0.25, 0.3) is 22.2 Å². The number of aryl methyl sites for hydroxylation is 1. The van der Waals surface area contributed by atoms with Crippen LogP contribution >= 0.6 is 0 Å². The van der Waals surface area contributed by atoms with Crippen molar-refractivity contribution in [1.29, 1.82) is 0 Å². The molecule has 5 rings (SSSR count). The quantitative estimate of drug-likeness (QED) is 0.581. The zero-order chi connectivity index (χ0) is 19.8. The first kappa shape index (κ1) is 17.3. The van der Waals surface area contributed by atoms with Crippen molar-refractivity contribution in [3.63, 3.8) is 0 Å². The number of carbonyl (C=O) groups is 1. The molecule has 0 aliphatic carbocycles. The van der Waals surface area contributed by atoms with Crippen LogP contribution in [0.4, 0.5) is 11.6 Å². The lowest BCUT2D eigenvalue weighted by Crippen LogP contribution is -2.37. The van der Waals surface area contributed by atoms with E-state index in [0.717, 1.165) is 47.5 Å². The summed E-state index contributed by atoms with van der Waals surface area (Å²) in [5.41, 5.74) is 2.30. The third-order valence-electron chi connectivity index (χ3n) is 5.11. The van der Waals surface area contributed by atoms with Crippen LogP contribution in [0.5, 0.6) is 0 Å². The van der Waals surface area contributed by atoms with Gasteiger partial charge in [-0.25, -0.2) is 15.0 Å². The lowest BCUT2D eigenvalue weighted by atomic mass is 10.1. The molecule has 144 valence electrons. The molecule has 5 heterocycles. The summed E-state index contributed by atoms with van der Waals surface area (Å²) in [5, 5.41) is 4.73. The molecule has 1 aliphatic rings. The van der Waals surface area contributed by atoms with Crippen molar-refractivity contribution in [2.24, 2.45) is 7.05 Å². The summed E-state index contributed by atoms with van der Waals surface area (Å²) in [6.45, 7) is 1.97. The molecule has 0 atom stereocenters. The highest BCUT2D eigenvalue weighted by molar-refractivity contribution is 6.05. The second-order valence-corrected chi connectivity index (χ2v) is 7.07. The van der Waals surface area contributed by atoms with Crippen LogP contribution < -0.4 is 10.2 Å². The zero-order valence-corrected chi connectivity index (χ0v) is 15.9. The molecule has 0 saturated carbocycles. The number of anilines is 2. The Morgan fingerprint density at radius 3 is 2.66 bits per heavy atom. The Labute approximate surface area is 167 Å². The maximum Gasteiger partial charge on any atom is 0.257 e. The molecule has 1 fully saturated rings. The zero-order valence-electron chi connectivity index (χ0n) is 15.9. The number of imidazole rings is 1. The lowest BCUT2D eigenvalue weighted by Gasteiger charge is -2.32. The summed E-state index contributed by atoms with van der Waals surface area (Å²) in [6, 6.07) is 7.36. The second-order valence-electron chi connectivity index (χ2n) is 7.07. The number of nitrogens with one attached hydrogen (secondary N) is 1. The van der Waals surface area contributed by atoms with Gasteiger partial charge in [0.15, 0.2) is 0 Å². The van der Waals surface area contributed by atoms with Crippen LogP contribution in [0.15, 0.2) is 55.4 Å². The van der Waals surface area contributed by atoms with E-state index in [1.807, 2.05) is 29.8 Å². The van der Waals surface area contributed by atoms with Gasteiger partial charge in [-0.2, -0.15) is 0 Å². The summed E-state index contributed by atoms with van der Waals surface area (Å²) in [5.74, 6) is 1.12. The number of hydrogen-bond donors (Lipinski definition) is 1. The Kier molecular flexibility index (Phi) is 4.16. The Bertz CT molecular complexity index is 1210. The van der Waals surface area contributed by atoms with Gasteiger partial charge in [0, 0.05) is 49.7 Å². The van der Waals surface area contributed by atoms with Gasteiger partial charge < -0.3 is 14.8 Å². The topological polar surface area (TPSA) is 88.8 Å². The normalized spacial score (nSPS) is 13.3. The van der Waals surface area contributed by atoms with Crippen LogP contribution in [0.3, 0.4) is 0 Å². The number of hydrogen-bond acceptors (Lipinski definition) is 6.